The fourth-order valence-electron chi connectivity index (χ4n) is 1.85. The first kappa shape index (κ1) is 11.5. The van der Waals surface area contributed by atoms with E-state index in [9.17, 15) is 0 Å². The second-order valence-electron chi connectivity index (χ2n) is 4.28. The summed E-state index contributed by atoms with van der Waals surface area (Å²) in [5.74, 6) is 0.523. The molecule has 5 heteroatoms. The molecule has 0 saturated heterocycles. The fraction of sp³-hybridized carbons (Fsp3) is 0.143. The highest BCUT2D eigenvalue weighted by Crippen LogP contribution is 2.16. The lowest BCUT2D eigenvalue weighted by Gasteiger charge is -2.13. The van der Waals surface area contributed by atoms with Gasteiger partial charge in [-0.15, -0.1) is 10.2 Å². The molecule has 0 aliphatic rings. The van der Waals surface area contributed by atoms with Crippen LogP contribution in [-0.2, 0) is 0 Å². The number of para-hydroxylation sites is 1. The molecule has 2 aromatic heterocycles. The van der Waals surface area contributed by atoms with Crippen LogP contribution in [0.5, 0.6) is 0 Å². The minimum Gasteiger partial charge on any atom is -0.346 e. The molecule has 5 nitrogen and oxygen atoms in total. The summed E-state index contributed by atoms with van der Waals surface area (Å²) in [5, 5.41) is 11.4. The molecule has 1 atom stereocenters. The first-order valence-electron chi connectivity index (χ1n) is 6.09. The highest BCUT2D eigenvalue weighted by molar-refractivity contribution is 5.74. The molecule has 3 aromatic rings. The van der Waals surface area contributed by atoms with Crippen LogP contribution < -0.4 is 5.32 Å². The lowest BCUT2D eigenvalue weighted by atomic mass is 10.1. The third kappa shape index (κ3) is 2.49. The topological polar surface area (TPSA) is 63.6 Å². The second-order valence-corrected chi connectivity index (χ2v) is 4.28. The van der Waals surface area contributed by atoms with Crippen LogP contribution in [0.25, 0.3) is 11.0 Å². The van der Waals surface area contributed by atoms with Gasteiger partial charge >= 0.3 is 0 Å². The van der Waals surface area contributed by atoms with Gasteiger partial charge in [0.1, 0.15) is 5.52 Å². The highest BCUT2D eigenvalue weighted by atomic mass is 15.2. The zero-order chi connectivity index (χ0) is 13.1. The number of nitrogens with one attached hydrogen (secondary N) is 1. The van der Waals surface area contributed by atoms with Crippen LogP contribution in [0.3, 0.4) is 0 Å². The van der Waals surface area contributed by atoms with Gasteiger partial charge in [0.2, 0.25) is 5.95 Å². The molecule has 0 aliphatic carbocycles. The second kappa shape index (κ2) is 4.97. The number of fused-ring (bicyclic) bond motifs is 1. The van der Waals surface area contributed by atoms with E-state index in [1.807, 2.05) is 49.5 Å². The average Bonchev–Trinajstić information content (AvgIpc) is 2.48. The molecule has 19 heavy (non-hydrogen) atoms. The lowest BCUT2D eigenvalue weighted by molar-refractivity contribution is 0.843. The molecule has 0 aliphatic heterocycles. The quantitative estimate of drug-likeness (QED) is 0.775. The van der Waals surface area contributed by atoms with Gasteiger partial charge in [0.25, 0.3) is 0 Å². The van der Waals surface area contributed by atoms with Gasteiger partial charge in [0.15, 0.2) is 0 Å². The number of pyridine rings is 1. The van der Waals surface area contributed by atoms with Gasteiger partial charge < -0.3 is 5.32 Å². The van der Waals surface area contributed by atoms with Gasteiger partial charge in [0, 0.05) is 12.4 Å². The molecule has 0 spiro atoms. The van der Waals surface area contributed by atoms with Crippen molar-refractivity contribution in [2.24, 2.45) is 0 Å². The highest BCUT2D eigenvalue weighted by Gasteiger charge is 2.07. The van der Waals surface area contributed by atoms with Gasteiger partial charge in [-0.3, -0.25) is 4.98 Å². The summed E-state index contributed by atoms with van der Waals surface area (Å²) < 4.78 is 0. The van der Waals surface area contributed by atoms with Crippen molar-refractivity contribution >= 4 is 17.0 Å². The number of hydrogen-bond acceptors (Lipinski definition) is 5. The summed E-state index contributed by atoms with van der Waals surface area (Å²) >= 11 is 0. The van der Waals surface area contributed by atoms with Crippen molar-refractivity contribution in [1.82, 2.24) is 20.2 Å². The zero-order valence-electron chi connectivity index (χ0n) is 10.5. The van der Waals surface area contributed by atoms with E-state index in [-0.39, 0.29) is 6.04 Å². The minimum absolute atomic E-state index is 0.0802. The molecular formula is C14H13N5. The lowest BCUT2D eigenvalue weighted by Crippen LogP contribution is -2.10. The molecule has 1 N–H and O–H groups in total. The predicted octanol–water partition coefficient (Wildman–Crippen LogP) is 2.59. The molecule has 1 unspecified atom stereocenters. The predicted molar refractivity (Wildman–Crippen MR) is 73.6 cm³/mol. The van der Waals surface area contributed by atoms with E-state index in [0.29, 0.717) is 5.95 Å². The maximum absolute atomic E-state index is 4.44. The number of hydrogen-bond donors (Lipinski definition) is 1. The Morgan fingerprint density at radius 1 is 1.00 bits per heavy atom. The number of nitrogens with zero attached hydrogens (tertiary/aromatic N) is 4. The Labute approximate surface area is 110 Å². The van der Waals surface area contributed by atoms with Crippen molar-refractivity contribution in [3.63, 3.8) is 0 Å². The van der Waals surface area contributed by atoms with Crippen molar-refractivity contribution in [2.45, 2.75) is 13.0 Å². The Hall–Kier alpha value is -2.56. The Morgan fingerprint density at radius 3 is 2.63 bits per heavy atom. The maximum Gasteiger partial charge on any atom is 0.243 e. The molecule has 0 bridgehead atoms. The van der Waals surface area contributed by atoms with Crippen LogP contribution >= 0.6 is 0 Å². The van der Waals surface area contributed by atoms with E-state index < -0.39 is 0 Å². The third-order valence-corrected chi connectivity index (χ3v) is 2.89. The molecule has 94 valence electrons. The van der Waals surface area contributed by atoms with Crippen LogP contribution in [0.15, 0.2) is 48.8 Å². The van der Waals surface area contributed by atoms with Crippen molar-refractivity contribution in [2.75, 3.05) is 5.32 Å². The summed E-state index contributed by atoms with van der Waals surface area (Å²) in [4.78, 5) is 8.54. The molecule has 0 radical (unpaired) electrons. The van der Waals surface area contributed by atoms with Gasteiger partial charge in [-0.2, -0.15) is 0 Å². The fourth-order valence-corrected chi connectivity index (χ4v) is 1.85. The van der Waals surface area contributed by atoms with Crippen molar-refractivity contribution < 1.29 is 0 Å². The van der Waals surface area contributed by atoms with E-state index in [2.05, 4.69) is 25.5 Å². The molecule has 3 rings (SSSR count). The minimum atomic E-state index is 0.0802. The molecule has 0 saturated carbocycles. The third-order valence-electron chi connectivity index (χ3n) is 2.89. The summed E-state index contributed by atoms with van der Waals surface area (Å²) in [6.07, 6.45) is 3.58. The SMILES string of the molecule is CC(Nc1nnc2ccccc2n1)c1cccnc1. The van der Waals surface area contributed by atoms with Gasteiger partial charge in [-0.1, -0.05) is 18.2 Å². The van der Waals surface area contributed by atoms with E-state index in [0.717, 1.165) is 16.6 Å². The normalized spacial score (nSPS) is 12.3. The molecule has 0 amide bonds. The van der Waals surface area contributed by atoms with Gasteiger partial charge in [-0.05, 0) is 30.7 Å². The van der Waals surface area contributed by atoms with Crippen molar-refractivity contribution in [3.05, 3.63) is 54.4 Å². The molecule has 0 fully saturated rings. The van der Waals surface area contributed by atoms with Crippen LogP contribution in [0, 0.1) is 0 Å². The zero-order valence-corrected chi connectivity index (χ0v) is 10.5. The first-order valence-corrected chi connectivity index (χ1v) is 6.09. The van der Waals surface area contributed by atoms with E-state index in [1.165, 1.54) is 0 Å². The summed E-state index contributed by atoms with van der Waals surface area (Å²) in [5.41, 5.74) is 2.71. The monoisotopic (exact) mass is 251 g/mol. The summed E-state index contributed by atoms with van der Waals surface area (Å²) in [6, 6.07) is 11.7. The van der Waals surface area contributed by atoms with Crippen molar-refractivity contribution in [1.29, 1.82) is 0 Å². The average molecular weight is 251 g/mol. The number of benzene rings is 1. The summed E-state index contributed by atoms with van der Waals surface area (Å²) in [7, 11) is 0. The maximum atomic E-state index is 4.44. The van der Waals surface area contributed by atoms with Crippen molar-refractivity contribution in [3.8, 4) is 0 Å². The van der Waals surface area contributed by atoms with E-state index >= 15 is 0 Å². The number of aromatic nitrogens is 4. The van der Waals surface area contributed by atoms with Crippen LogP contribution in [0.4, 0.5) is 5.95 Å². The Bertz CT molecular complexity index is 683. The standard InChI is InChI=1S/C14H13N5/c1-10(11-5-4-8-15-9-11)16-14-17-12-6-2-3-7-13(12)18-19-14/h2-10H,1H3,(H,16,17,19). The Kier molecular flexibility index (Phi) is 3.02. The molecule has 2 heterocycles. The first-order chi connectivity index (χ1) is 9.33. The van der Waals surface area contributed by atoms with Crippen LogP contribution in [-0.4, -0.2) is 20.2 Å². The van der Waals surface area contributed by atoms with Gasteiger partial charge in [0.05, 0.1) is 11.6 Å². The summed E-state index contributed by atoms with van der Waals surface area (Å²) in [6.45, 7) is 2.04. The largest absolute Gasteiger partial charge is 0.346 e. The smallest absolute Gasteiger partial charge is 0.243 e. The molecule has 1 aromatic carbocycles. The number of anilines is 1. The van der Waals surface area contributed by atoms with Gasteiger partial charge in [-0.25, -0.2) is 4.98 Å². The Morgan fingerprint density at radius 2 is 1.84 bits per heavy atom. The number of rotatable bonds is 3. The van der Waals surface area contributed by atoms with E-state index in [4.69, 9.17) is 0 Å². The van der Waals surface area contributed by atoms with Crippen LogP contribution in [0.1, 0.15) is 18.5 Å². The van der Waals surface area contributed by atoms with Crippen LogP contribution in [0.2, 0.25) is 0 Å². The van der Waals surface area contributed by atoms with E-state index in [1.54, 1.807) is 6.20 Å². The Balaban J connectivity index is 1.85. The molecular weight excluding hydrogens is 238 g/mol.